The Labute approximate surface area is 166 Å². The molecule has 0 unspecified atom stereocenters. The van der Waals surface area contributed by atoms with E-state index < -0.39 is 12.1 Å². The summed E-state index contributed by atoms with van der Waals surface area (Å²) in [5.74, 6) is 0.406. The van der Waals surface area contributed by atoms with Crippen molar-refractivity contribution in [2.45, 2.75) is 39.8 Å². The van der Waals surface area contributed by atoms with Crippen LogP contribution in [0.4, 0.5) is 10.5 Å². The molecule has 6 heteroatoms. The van der Waals surface area contributed by atoms with E-state index >= 15 is 0 Å². The smallest absolute Gasteiger partial charge is 0.408 e. The van der Waals surface area contributed by atoms with Gasteiger partial charge >= 0.3 is 6.09 Å². The summed E-state index contributed by atoms with van der Waals surface area (Å²) in [6.45, 7) is 6.53. The lowest BCUT2D eigenvalue weighted by molar-refractivity contribution is -0.119. The van der Waals surface area contributed by atoms with Crippen molar-refractivity contribution in [2.24, 2.45) is 5.92 Å². The first-order valence-electron chi connectivity index (χ1n) is 9.54. The van der Waals surface area contributed by atoms with Gasteiger partial charge in [0.25, 0.3) is 0 Å². The van der Waals surface area contributed by atoms with E-state index in [4.69, 9.17) is 9.47 Å². The van der Waals surface area contributed by atoms with Gasteiger partial charge in [0.2, 0.25) is 5.91 Å². The fourth-order valence-electron chi connectivity index (χ4n) is 2.61. The average Bonchev–Trinajstić information content (AvgIpc) is 2.72. The van der Waals surface area contributed by atoms with Crippen molar-refractivity contribution >= 4 is 17.7 Å². The third kappa shape index (κ3) is 6.61. The Morgan fingerprint density at radius 3 is 2.29 bits per heavy atom. The summed E-state index contributed by atoms with van der Waals surface area (Å²) in [7, 11) is 0. The topological polar surface area (TPSA) is 76.7 Å². The number of amides is 2. The second-order valence-electron chi connectivity index (χ2n) is 6.52. The summed E-state index contributed by atoms with van der Waals surface area (Å²) in [4.78, 5) is 24.9. The van der Waals surface area contributed by atoms with Crippen molar-refractivity contribution in [3.63, 3.8) is 0 Å². The molecule has 0 spiro atoms. The number of hydrogen-bond donors (Lipinski definition) is 2. The van der Waals surface area contributed by atoms with E-state index in [0.29, 0.717) is 12.3 Å². The first-order valence-corrected chi connectivity index (χ1v) is 9.54. The molecular weight excluding hydrogens is 356 g/mol. The quantitative estimate of drug-likeness (QED) is 0.673. The highest BCUT2D eigenvalue weighted by Crippen LogP contribution is 2.17. The van der Waals surface area contributed by atoms with Gasteiger partial charge in [-0.3, -0.25) is 4.79 Å². The maximum atomic E-state index is 12.7. The zero-order chi connectivity index (χ0) is 20.4. The summed E-state index contributed by atoms with van der Waals surface area (Å²) >= 11 is 0. The number of carbonyl (C=O) groups is 2. The monoisotopic (exact) mass is 384 g/mol. The van der Waals surface area contributed by atoms with Crippen molar-refractivity contribution in [2.75, 3.05) is 11.9 Å². The number of alkyl carbamates (subject to hydrolysis) is 1. The van der Waals surface area contributed by atoms with Gasteiger partial charge < -0.3 is 20.1 Å². The number of ether oxygens (including phenoxy) is 2. The number of carbonyl (C=O) groups excluding carboxylic acids is 2. The van der Waals surface area contributed by atoms with Crippen molar-refractivity contribution in [1.82, 2.24) is 5.32 Å². The van der Waals surface area contributed by atoms with Crippen LogP contribution in [0.2, 0.25) is 0 Å². The van der Waals surface area contributed by atoms with Gasteiger partial charge in [0, 0.05) is 5.69 Å². The molecule has 6 nitrogen and oxygen atoms in total. The van der Waals surface area contributed by atoms with E-state index in [1.165, 1.54) is 0 Å². The number of nitrogens with one attached hydrogen (secondary N) is 2. The molecule has 0 bridgehead atoms. The normalized spacial score (nSPS) is 12.5. The second-order valence-corrected chi connectivity index (χ2v) is 6.52. The zero-order valence-corrected chi connectivity index (χ0v) is 16.6. The van der Waals surface area contributed by atoms with E-state index in [-0.39, 0.29) is 18.4 Å². The second kappa shape index (κ2) is 11.0. The molecule has 0 radical (unpaired) electrons. The molecule has 0 aromatic heterocycles. The van der Waals surface area contributed by atoms with Crippen LogP contribution in [0.15, 0.2) is 54.6 Å². The molecule has 0 aliphatic rings. The molecule has 2 amide bonds. The summed E-state index contributed by atoms with van der Waals surface area (Å²) < 4.78 is 10.6. The largest absolute Gasteiger partial charge is 0.494 e. The van der Waals surface area contributed by atoms with E-state index in [0.717, 1.165) is 17.7 Å². The molecule has 0 aliphatic heterocycles. The maximum Gasteiger partial charge on any atom is 0.408 e. The van der Waals surface area contributed by atoms with Gasteiger partial charge in [0.1, 0.15) is 18.4 Å². The van der Waals surface area contributed by atoms with Gasteiger partial charge in [-0.25, -0.2) is 4.79 Å². The minimum absolute atomic E-state index is 0.0491. The fraction of sp³-hybridized carbons (Fsp3) is 0.364. The Bertz CT molecular complexity index is 747. The minimum Gasteiger partial charge on any atom is -0.494 e. The lowest BCUT2D eigenvalue weighted by Gasteiger charge is -2.23. The average molecular weight is 384 g/mol. The van der Waals surface area contributed by atoms with Crippen molar-refractivity contribution in [3.8, 4) is 5.75 Å². The summed E-state index contributed by atoms with van der Waals surface area (Å²) in [5.41, 5.74) is 1.53. The van der Waals surface area contributed by atoms with Gasteiger partial charge in [-0.05, 0) is 42.7 Å². The number of rotatable bonds is 9. The molecule has 2 atom stereocenters. The Balaban J connectivity index is 1.95. The molecule has 2 N–H and O–H groups in total. The van der Waals surface area contributed by atoms with Crippen LogP contribution in [0.1, 0.15) is 32.8 Å². The Kier molecular flexibility index (Phi) is 8.34. The van der Waals surface area contributed by atoms with Crippen LogP contribution in [0.5, 0.6) is 5.75 Å². The lowest BCUT2D eigenvalue weighted by atomic mass is 9.98. The molecule has 28 heavy (non-hydrogen) atoms. The van der Waals surface area contributed by atoms with E-state index in [1.807, 2.05) is 51.1 Å². The first-order chi connectivity index (χ1) is 13.5. The van der Waals surface area contributed by atoms with Gasteiger partial charge in [-0.15, -0.1) is 0 Å². The molecular formula is C22H28N2O4. The zero-order valence-electron chi connectivity index (χ0n) is 16.6. The third-order valence-electron chi connectivity index (χ3n) is 4.41. The number of benzene rings is 2. The number of anilines is 1. The Hall–Kier alpha value is -3.02. The van der Waals surface area contributed by atoms with Crippen molar-refractivity contribution < 1.29 is 19.1 Å². The molecule has 0 saturated carbocycles. The number of hydrogen-bond acceptors (Lipinski definition) is 4. The summed E-state index contributed by atoms with van der Waals surface area (Å²) in [6, 6.07) is 15.8. The molecule has 2 rings (SSSR count). The lowest BCUT2D eigenvalue weighted by Crippen LogP contribution is -2.47. The van der Waals surface area contributed by atoms with Crippen molar-refractivity contribution in [1.29, 1.82) is 0 Å². The van der Waals surface area contributed by atoms with Gasteiger partial charge in [0.05, 0.1) is 6.61 Å². The van der Waals surface area contributed by atoms with Crippen LogP contribution in [0, 0.1) is 5.92 Å². The maximum absolute atomic E-state index is 12.7. The van der Waals surface area contributed by atoms with Crippen LogP contribution >= 0.6 is 0 Å². The molecule has 0 saturated heterocycles. The highest BCUT2D eigenvalue weighted by Gasteiger charge is 2.26. The van der Waals surface area contributed by atoms with Crippen LogP contribution in [-0.2, 0) is 16.1 Å². The van der Waals surface area contributed by atoms with E-state index in [1.54, 1.807) is 24.3 Å². The molecule has 150 valence electrons. The van der Waals surface area contributed by atoms with Crippen LogP contribution in [0.3, 0.4) is 0 Å². The van der Waals surface area contributed by atoms with E-state index in [2.05, 4.69) is 10.6 Å². The Morgan fingerprint density at radius 1 is 1.00 bits per heavy atom. The van der Waals surface area contributed by atoms with Gasteiger partial charge in [-0.2, -0.15) is 0 Å². The van der Waals surface area contributed by atoms with Crippen LogP contribution in [0.25, 0.3) is 0 Å². The Morgan fingerprint density at radius 2 is 1.68 bits per heavy atom. The molecule has 0 heterocycles. The highest BCUT2D eigenvalue weighted by molar-refractivity contribution is 5.96. The fourth-order valence-corrected chi connectivity index (χ4v) is 2.61. The highest BCUT2D eigenvalue weighted by atomic mass is 16.5. The minimum atomic E-state index is -0.695. The molecule has 0 aliphatic carbocycles. The molecule has 2 aromatic rings. The van der Waals surface area contributed by atoms with Crippen LogP contribution in [-0.4, -0.2) is 24.6 Å². The summed E-state index contributed by atoms with van der Waals surface area (Å²) in [6.07, 6.45) is 0.122. The summed E-state index contributed by atoms with van der Waals surface area (Å²) in [5, 5.41) is 5.53. The molecule has 0 fully saturated rings. The third-order valence-corrected chi connectivity index (χ3v) is 4.41. The molecule has 2 aromatic carbocycles. The van der Waals surface area contributed by atoms with Gasteiger partial charge in [0.15, 0.2) is 0 Å². The SMILES string of the molecule is CCOc1ccc(NC(=O)[C@H](NC(=O)OCc2ccccc2)[C@@H](C)CC)cc1. The predicted molar refractivity (Wildman–Crippen MR) is 109 cm³/mol. The predicted octanol–water partition coefficient (Wildman–Crippen LogP) is 4.36. The standard InChI is InChI=1S/C22H28N2O4/c1-4-16(3)20(24-22(26)28-15-17-9-7-6-8-10-17)21(25)23-18-11-13-19(14-12-18)27-5-2/h6-14,16,20H,4-5,15H2,1-3H3,(H,23,25)(H,24,26)/t16-,20+/m0/s1. The van der Waals surface area contributed by atoms with Crippen LogP contribution < -0.4 is 15.4 Å². The van der Waals surface area contributed by atoms with Crippen molar-refractivity contribution in [3.05, 3.63) is 60.2 Å². The first kappa shape index (κ1) is 21.3. The van der Waals surface area contributed by atoms with Gasteiger partial charge in [-0.1, -0.05) is 50.6 Å². The van der Waals surface area contributed by atoms with E-state index in [9.17, 15) is 9.59 Å².